The van der Waals surface area contributed by atoms with Crippen molar-refractivity contribution < 1.29 is 18.3 Å². The first kappa shape index (κ1) is 18.0. The second-order valence-electron chi connectivity index (χ2n) is 5.67. The van der Waals surface area contributed by atoms with E-state index in [0.717, 1.165) is 11.1 Å². The van der Waals surface area contributed by atoms with Crippen LogP contribution in [0.3, 0.4) is 0 Å². The van der Waals surface area contributed by atoms with Gasteiger partial charge in [-0.25, -0.2) is 8.42 Å². The fraction of sp³-hybridized carbons (Fsp3) is 0.235. The van der Waals surface area contributed by atoms with Crippen LogP contribution in [0.2, 0.25) is 0 Å². The van der Waals surface area contributed by atoms with Gasteiger partial charge in [0, 0.05) is 0 Å². The van der Waals surface area contributed by atoms with E-state index < -0.39 is 15.9 Å². The van der Waals surface area contributed by atoms with E-state index in [0.29, 0.717) is 11.1 Å². The minimum atomic E-state index is -3.95. The Morgan fingerprint density at radius 3 is 2.08 bits per heavy atom. The smallest absolute Gasteiger partial charge is 0.269 e. The van der Waals surface area contributed by atoms with E-state index in [9.17, 15) is 18.3 Å². The molecule has 0 fully saturated rings. The third-order valence-corrected chi connectivity index (χ3v) is 5.53. The maximum Gasteiger partial charge on any atom is 0.269 e. The number of amides is 1. The Kier molecular flexibility index (Phi) is 4.96. The zero-order valence-corrected chi connectivity index (χ0v) is 14.8. The van der Waals surface area contributed by atoms with Gasteiger partial charge in [0.1, 0.15) is 5.75 Å². The van der Waals surface area contributed by atoms with Crippen LogP contribution in [0.4, 0.5) is 0 Å². The molecule has 2 aromatic carbocycles. The fourth-order valence-electron chi connectivity index (χ4n) is 2.48. The Hall–Kier alpha value is -2.38. The maximum atomic E-state index is 12.6. The van der Waals surface area contributed by atoms with E-state index in [-0.39, 0.29) is 16.2 Å². The Labute approximate surface area is 141 Å². The molecule has 0 atom stereocenters. The van der Waals surface area contributed by atoms with Crippen LogP contribution < -0.4 is 10.3 Å². The minimum absolute atomic E-state index is 0.0194. The molecule has 2 aromatic rings. The summed E-state index contributed by atoms with van der Waals surface area (Å²) in [6, 6.07) is 7.80. The van der Waals surface area contributed by atoms with Gasteiger partial charge in [0.05, 0.1) is 10.5 Å². The average Bonchev–Trinajstić information content (AvgIpc) is 2.51. The van der Waals surface area contributed by atoms with E-state index in [1.165, 1.54) is 12.1 Å². The van der Waals surface area contributed by atoms with E-state index in [1.54, 1.807) is 26.0 Å². The first-order valence-corrected chi connectivity index (χ1v) is 8.81. The van der Waals surface area contributed by atoms with Crippen LogP contribution in [0.25, 0.3) is 0 Å². The lowest BCUT2D eigenvalue weighted by molar-refractivity contribution is 0.0942. The zero-order valence-electron chi connectivity index (χ0n) is 14.0. The topological polar surface area (TPSA) is 95.5 Å². The number of benzene rings is 2. The Balaban J connectivity index is 2.31. The van der Waals surface area contributed by atoms with Gasteiger partial charge in [0.15, 0.2) is 0 Å². The van der Waals surface area contributed by atoms with E-state index >= 15 is 0 Å². The van der Waals surface area contributed by atoms with Crippen molar-refractivity contribution in [3.05, 3.63) is 58.1 Å². The van der Waals surface area contributed by atoms with Gasteiger partial charge in [-0.2, -0.15) is 0 Å². The van der Waals surface area contributed by atoms with E-state index in [1.807, 2.05) is 19.9 Å². The third-order valence-electron chi connectivity index (χ3n) is 4.01. The first-order valence-electron chi connectivity index (χ1n) is 7.32. The summed E-state index contributed by atoms with van der Waals surface area (Å²) in [5, 5.41) is 9.65. The van der Waals surface area contributed by atoms with Crippen molar-refractivity contribution in [1.82, 2.24) is 10.3 Å². The largest absolute Gasteiger partial charge is 0.507 e. The number of hydrogen-bond acceptors (Lipinski definition) is 4. The first-order chi connectivity index (χ1) is 11.1. The number of rotatable bonds is 4. The van der Waals surface area contributed by atoms with Gasteiger partial charge < -0.3 is 5.11 Å². The lowest BCUT2D eigenvalue weighted by Gasteiger charge is -2.16. The number of phenols is 1. The summed E-state index contributed by atoms with van der Waals surface area (Å²) < 4.78 is 25.2. The third kappa shape index (κ3) is 3.42. The summed E-state index contributed by atoms with van der Waals surface area (Å²) in [6.45, 7) is 7.12. The van der Waals surface area contributed by atoms with E-state index in [2.05, 4.69) is 10.3 Å². The quantitative estimate of drug-likeness (QED) is 0.739. The molecular weight excluding hydrogens is 328 g/mol. The molecule has 0 aliphatic rings. The van der Waals surface area contributed by atoms with E-state index in [4.69, 9.17) is 0 Å². The Morgan fingerprint density at radius 1 is 1.00 bits per heavy atom. The fourth-order valence-corrected chi connectivity index (χ4v) is 3.94. The molecule has 0 bridgehead atoms. The molecule has 0 aromatic heterocycles. The van der Waals surface area contributed by atoms with Crippen LogP contribution in [0.5, 0.6) is 5.75 Å². The molecule has 0 saturated heterocycles. The highest BCUT2D eigenvalue weighted by Gasteiger charge is 2.23. The van der Waals surface area contributed by atoms with Crippen molar-refractivity contribution in [2.24, 2.45) is 0 Å². The predicted molar refractivity (Wildman–Crippen MR) is 91.3 cm³/mol. The molecule has 0 spiro atoms. The lowest BCUT2D eigenvalue weighted by Crippen LogP contribution is -2.42. The molecule has 0 heterocycles. The number of carbonyl (C=O) groups is 1. The Bertz CT molecular complexity index is 879. The molecule has 1 amide bonds. The van der Waals surface area contributed by atoms with Crippen molar-refractivity contribution in [1.29, 1.82) is 0 Å². The van der Waals surface area contributed by atoms with Crippen molar-refractivity contribution in [2.45, 2.75) is 32.6 Å². The van der Waals surface area contributed by atoms with Crippen LogP contribution in [0, 0.1) is 27.7 Å². The summed E-state index contributed by atoms with van der Waals surface area (Å²) in [7, 11) is -3.95. The van der Waals surface area contributed by atoms with Gasteiger partial charge in [-0.1, -0.05) is 18.2 Å². The monoisotopic (exact) mass is 348 g/mol. The molecule has 0 unspecified atom stereocenters. The number of nitrogens with one attached hydrogen (secondary N) is 2. The number of carbonyl (C=O) groups excluding carboxylic acids is 1. The predicted octanol–water partition coefficient (Wildman–Crippen LogP) is 2.25. The second-order valence-corrected chi connectivity index (χ2v) is 7.29. The van der Waals surface area contributed by atoms with Crippen LogP contribution in [0.15, 0.2) is 35.2 Å². The van der Waals surface area contributed by atoms with Crippen molar-refractivity contribution in [2.75, 3.05) is 0 Å². The zero-order chi connectivity index (χ0) is 18.1. The van der Waals surface area contributed by atoms with Crippen molar-refractivity contribution >= 4 is 15.9 Å². The molecule has 0 aliphatic carbocycles. The van der Waals surface area contributed by atoms with Crippen LogP contribution in [0.1, 0.15) is 32.6 Å². The Morgan fingerprint density at radius 2 is 1.54 bits per heavy atom. The average molecular weight is 348 g/mol. The van der Waals surface area contributed by atoms with Gasteiger partial charge in [-0.15, -0.1) is 4.83 Å². The van der Waals surface area contributed by atoms with Gasteiger partial charge >= 0.3 is 0 Å². The standard InChI is InChI=1S/C17H20N2O4S/c1-10-9-11(2)13(4)16(12(10)3)24(22,23)19-18-17(21)14-7-5-6-8-15(14)20/h5-9,19-20H,1-4H3,(H,18,21). The van der Waals surface area contributed by atoms with Crippen LogP contribution >= 0.6 is 0 Å². The number of para-hydroxylation sites is 1. The molecule has 7 heteroatoms. The molecule has 0 aliphatic heterocycles. The molecule has 0 saturated carbocycles. The summed E-state index contributed by atoms with van der Waals surface area (Å²) in [6.07, 6.45) is 0. The lowest BCUT2D eigenvalue weighted by atomic mass is 10.0. The highest BCUT2D eigenvalue weighted by Crippen LogP contribution is 2.25. The molecule has 2 rings (SSSR count). The highest BCUT2D eigenvalue weighted by molar-refractivity contribution is 7.89. The number of aromatic hydroxyl groups is 1. The van der Waals surface area contributed by atoms with Gasteiger partial charge in [0.2, 0.25) is 0 Å². The molecule has 3 N–H and O–H groups in total. The number of phenolic OH excluding ortho intramolecular Hbond substituents is 1. The van der Waals surface area contributed by atoms with Crippen molar-refractivity contribution in [3.8, 4) is 5.75 Å². The number of aryl methyl sites for hydroxylation is 2. The van der Waals surface area contributed by atoms with Crippen molar-refractivity contribution in [3.63, 3.8) is 0 Å². The minimum Gasteiger partial charge on any atom is -0.507 e. The molecule has 0 radical (unpaired) electrons. The molecule has 24 heavy (non-hydrogen) atoms. The van der Waals surface area contributed by atoms with Gasteiger partial charge in [0.25, 0.3) is 15.9 Å². The number of hydrazine groups is 1. The summed E-state index contributed by atoms with van der Waals surface area (Å²) in [4.78, 5) is 14.3. The SMILES string of the molecule is Cc1cc(C)c(C)c(S(=O)(=O)NNC(=O)c2ccccc2O)c1C. The number of sulfonamides is 1. The molecular formula is C17H20N2O4S. The summed E-state index contributed by atoms with van der Waals surface area (Å²) in [5.74, 6) is -0.968. The normalized spacial score (nSPS) is 11.3. The molecule has 128 valence electrons. The summed E-state index contributed by atoms with van der Waals surface area (Å²) in [5.41, 5.74) is 5.07. The highest BCUT2D eigenvalue weighted by atomic mass is 32.2. The van der Waals surface area contributed by atoms with Gasteiger partial charge in [-0.3, -0.25) is 10.2 Å². The molecule has 6 nitrogen and oxygen atoms in total. The maximum absolute atomic E-state index is 12.6. The second kappa shape index (κ2) is 6.62. The summed E-state index contributed by atoms with van der Waals surface area (Å²) >= 11 is 0. The van der Waals surface area contributed by atoms with Gasteiger partial charge in [-0.05, 0) is 62.1 Å². The number of hydrogen-bond donors (Lipinski definition) is 3. The van der Waals surface area contributed by atoms with Crippen LogP contribution in [-0.4, -0.2) is 19.4 Å². The van der Waals surface area contributed by atoms with Crippen LogP contribution in [-0.2, 0) is 10.0 Å².